The van der Waals surface area contributed by atoms with Crippen molar-refractivity contribution in [3.63, 3.8) is 0 Å². The number of fused-ring (bicyclic) bond motifs is 2. The quantitative estimate of drug-likeness (QED) is 0.705. The molecule has 1 spiro atoms. The first kappa shape index (κ1) is 16.9. The molecule has 152 valence electrons. The molecule has 6 heteroatoms. The predicted molar refractivity (Wildman–Crippen MR) is 111 cm³/mol. The fourth-order valence-electron chi connectivity index (χ4n) is 8.22. The first-order valence-corrected chi connectivity index (χ1v) is 10.9. The third kappa shape index (κ3) is 1.65. The molecule has 0 aliphatic heterocycles. The molecule has 3 aromatic rings. The molecule has 4 fully saturated rings. The van der Waals surface area contributed by atoms with E-state index in [1.807, 2.05) is 37.4 Å². The average molecular weight is 400 g/mol. The zero-order valence-electron chi connectivity index (χ0n) is 16.9. The summed E-state index contributed by atoms with van der Waals surface area (Å²) in [6, 6.07) is 9.40. The van der Waals surface area contributed by atoms with Crippen molar-refractivity contribution in [2.75, 3.05) is 0 Å². The van der Waals surface area contributed by atoms with E-state index in [9.17, 15) is 9.90 Å². The average Bonchev–Trinajstić information content (AvgIpc) is 3.31. The van der Waals surface area contributed by atoms with Crippen LogP contribution in [0.4, 0.5) is 0 Å². The van der Waals surface area contributed by atoms with E-state index >= 15 is 0 Å². The third-order valence-corrected chi connectivity index (χ3v) is 8.93. The van der Waals surface area contributed by atoms with Crippen LogP contribution >= 0.6 is 0 Å². The lowest BCUT2D eigenvalue weighted by Crippen LogP contribution is -2.83. The second-order valence-corrected chi connectivity index (χ2v) is 10.0. The van der Waals surface area contributed by atoms with E-state index < -0.39 is 0 Å². The van der Waals surface area contributed by atoms with Crippen molar-refractivity contribution < 1.29 is 9.90 Å². The standard InChI is InChI=1S/C24H24N4O2/c1-14-4-2-6-18(26-14)20(29)27-22-8-15-9-23(12-16(11-22)24(22,23)10-15)28-13-19-17(21(28)30)5-3-7-25-19/h2-7,13,15-16,30H,8-12H2,1H3,(H,27,29). The van der Waals surface area contributed by atoms with Crippen LogP contribution in [0.15, 0.2) is 42.7 Å². The Balaban J connectivity index is 1.31. The smallest absolute Gasteiger partial charge is 0.270 e. The van der Waals surface area contributed by atoms with Crippen LogP contribution < -0.4 is 5.32 Å². The van der Waals surface area contributed by atoms with Crippen molar-refractivity contribution in [1.29, 1.82) is 0 Å². The molecule has 4 saturated carbocycles. The summed E-state index contributed by atoms with van der Waals surface area (Å²) < 4.78 is 2.12. The minimum Gasteiger partial charge on any atom is -0.494 e. The maximum Gasteiger partial charge on any atom is 0.270 e. The van der Waals surface area contributed by atoms with E-state index in [0.717, 1.165) is 48.7 Å². The van der Waals surface area contributed by atoms with E-state index in [0.29, 0.717) is 23.4 Å². The van der Waals surface area contributed by atoms with Crippen LogP contribution in [0.1, 0.15) is 48.3 Å². The molecule has 4 aliphatic rings. The van der Waals surface area contributed by atoms with Gasteiger partial charge in [-0.3, -0.25) is 9.78 Å². The Morgan fingerprint density at radius 1 is 1.17 bits per heavy atom. The number of carbonyl (C=O) groups excluding carboxylic acids is 1. The summed E-state index contributed by atoms with van der Waals surface area (Å²) in [5.74, 6) is 1.46. The van der Waals surface area contributed by atoms with Crippen LogP contribution in [0.5, 0.6) is 5.88 Å². The van der Waals surface area contributed by atoms with Gasteiger partial charge in [-0.25, -0.2) is 4.98 Å². The number of carbonyl (C=O) groups is 1. The molecule has 5 unspecified atom stereocenters. The SMILES string of the molecule is Cc1cccc(C(=O)NC23CC4CC5(n6cc7ncccc7c6O)CC(C2)C35C4)n1. The number of nitrogens with zero attached hydrogens (tertiary/aromatic N) is 3. The maximum absolute atomic E-state index is 13.1. The molecule has 2 N–H and O–H groups in total. The Hall–Kier alpha value is -2.89. The van der Waals surface area contributed by atoms with Gasteiger partial charge in [0.2, 0.25) is 5.88 Å². The van der Waals surface area contributed by atoms with Gasteiger partial charge >= 0.3 is 0 Å². The van der Waals surface area contributed by atoms with Crippen molar-refractivity contribution in [3.8, 4) is 5.88 Å². The van der Waals surface area contributed by atoms with E-state index in [4.69, 9.17) is 0 Å². The summed E-state index contributed by atoms with van der Waals surface area (Å²) in [6.45, 7) is 1.91. The lowest BCUT2D eigenvalue weighted by atomic mass is 9.31. The van der Waals surface area contributed by atoms with Gasteiger partial charge in [-0.1, -0.05) is 6.07 Å². The summed E-state index contributed by atoms with van der Waals surface area (Å²) in [7, 11) is 0. The summed E-state index contributed by atoms with van der Waals surface area (Å²) >= 11 is 0. The Labute approximate surface area is 174 Å². The number of hydrogen-bond acceptors (Lipinski definition) is 4. The number of hydrogen-bond donors (Lipinski definition) is 2. The fourth-order valence-corrected chi connectivity index (χ4v) is 8.22. The van der Waals surface area contributed by atoms with Crippen molar-refractivity contribution in [2.45, 2.75) is 50.1 Å². The highest BCUT2D eigenvalue weighted by atomic mass is 16.3. The van der Waals surface area contributed by atoms with Crippen molar-refractivity contribution >= 4 is 16.8 Å². The topological polar surface area (TPSA) is 80.0 Å². The fraction of sp³-hybridized carbons (Fsp3) is 0.458. The number of nitrogens with one attached hydrogen (secondary N) is 1. The molecular weight excluding hydrogens is 376 g/mol. The molecule has 2 bridgehead atoms. The zero-order chi connectivity index (χ0) is 20.3. The van der Waals surface area contributed by atoms with Gasteiger partial charge in [0.25, 0.3) is 5.91 Å². The lowest BCUT2D eigenvalue weighted by Gasteiger charge is -2.77. The number of pyridine rings is 2. The number of aromatic hydroxyl groups is 1. The molecule has 3 heterocycles. The third-order valence-electron chi connectivity index (χ3n) is 8.93. The molecule has 0 radical (unpaired) electrons. The van der Waals surface area contributed by atoms with Gasteiger partial charge in [-0.2, -0.15) is 0 Å². The Morgan fingerprint density at radius 2 is 2.07 bits per heavy atom. The van der Waals surface area contributed by atoms with Gasteiger partial charge in [0.15, 0.2) is 0 Å². The van der Waals surface area contributed by atoms with Crippen LogP contribution in [0.3, 0.4) is 0 Å². The molecule has 0 saturated heterocycles. The summed E-state index contributed by atoms with van der Waals surface area (Å²) in [6.07, 6.45) is 9.20. The zero-order valence-corrected chi connectivity index (χ0v) is 16.9. The highest BCUT2D eigenvalue weighted by Gasteiger charge is 2.87. The molecule has 0 aromatic carbocycles. The van der Waals surface area contributed by atoms with Gasteiger partial charge < -0.3 is 15.0 Å². The van der Waals surface area contributed by atoms with E-state index in [2.05, 4.69) is 19.9 Å². The minimum atomic E-state index is -0.183. The van der Waals surface area contributed by atoms with Crippen molar-refractivity contribution in [3.05, 3.63) is 54.1 Å². The second kappa shape index (κ2) is 5.05. The monoisotopic (exact) mass is 400 g/mol. The molecule has 30 heavy (non-hydrogen) atoms. The lowest BCUT2D eigenvalue weighted by molar-refractivity contribution is -0.252. The van der Waals surface area contributed by atoms with Crippen LogP contribution in [-0.4, -0.2) is 31.1 Å². The molecule has 3 aromatic heterocycles. The minimum absolute atomic E-state index is 0.0384. The number of aromatic nitrogens is 3. The molecule has 5 atom stereocenters. The summed E-state index contributed by atoms with van der Waals surface area (Å²) in [5.41, 5.74) is 1.93. The van der Waals surface area contributed by atoms with E-state index in [-0.39, 0.29) is 22.4 Å². The van der Waals surface area contributed by atoms with Gasteiger partial charge in [-0.05, 0) is 75.1 Å². The number of rotatable bonds is 3. The van der Waals surface area contributed by atoms with E-state index in [1.54, 1.807) is 12.3 Å². The molecule has 7 rings (SSSR count). The Kier molecular flexibility index (Phi) is 2.84. The highest BCUT2D eigenvalue weighted by Crippen LogP contribution is 2.87. The first-order valence-electron chi connectivity index (χ1n) is 10.9. The van der Waals surface area contributed by atoms with Crippen LogP contribution in [0.25, 0.3) is 10.9 Å². The van der Waals surface area contributed by atoms with Gasteiger partial charge in [0, 0.05) is 29.0 Å². The van der Waals surface area contributed by atoms with E-state index in [1.165, 1.54) is 0 Å². The largest absolute Gasteiger partial charge is 0.494 e. The normalized spacial score (nSPS) is 37.5. The van der Waals surface area contributed by atoms with Crippen LogP contribution in [0.2, 0.25) is 0 Å². The summed E-state index contributed by atoms with van der Waals surface area (Å²) in [4.78, 5) is 22.0. The van der Waals surface area contributed by atoms with Gasteiger partial charge in [-0.15, -0.1) is 0 Å². The molecular formula is C24H24N4O2. The van der Waals surface area contributed by atoms with Gasteiger partial charge in [0.1, 0.15) is 5.69 Å². The van der Waals surface area contributed by atoms with Gasteiger partial charge in [0.05, 0.1) is 16.4 Å². The second-order valence-electron chi connectivity index (χ2n) is 10.0. The molecule has 6 nitrogen and oxygen atoms in total. The predicted octanol–water partition coefficient (Wildman–Crippen LogP) is 3.53. The molecule has 1 amide bonds. The van der Waals surface area contributed by atoms with Crippen molar-refractivity contribution in [2.24, 2.45) is 17.3 Å². The highest BCUT2D eigenvalue weighted by molar-refractivity contribution is 5.93. The number of amides is 1. The Bertz CT molecular complexity index is 1250. The maximum atomic E-state index is 13.1. The molecule has 4 aliphatic carbocycles. The summed E-state index contributed by atoms with van der Waals surface area (Å²) in [5, 5.41) is 15.4. The number of aryl methyl sites for hydroxylation is 1. The first-order chi connectivity index (χ1) is 14.5. The Morgan fingerprint density at radius 3 is 2.87 bits per heavy atom. The van der Waals surface area contributed by atoms with Crippen LogP contribution in [0, 0.1) is 24.2 Å². The van der Waals surface area contributed by atoms with Crippen LogP contribution in [-0.2, 0) is 5.54 Å². The van der Waals surface area contributed by atoms with Crippen molar-refractivity contribution in [1.82, 2.24) is 19.9 Å².